The van der Waals surface area contributed by atoms with Gasteiger partial charge in [-0.15, -0.1) is 0 Å². The topological polar surface area (TPSA) is 101 Å². The summed E-state index contributed by atoms with van der Waals surface area (Å²) in [4.78, 5) is 22.4. The number of rotatable bonds is 4. The van der Waals surface area contributed by atoms with Crippen LogP contribution in [0.5, 0.6) is 0 Å². The van der Waals surface area contributed by atoms with Gasteiger partial charge in [-0.25, -0.2) is 9.59 Å². The zero-order chi connectivity index (χ0) is 14.6. The summed E-state index contributed by atoms with van der Waals surface area (Å²) >= 11 is 0. The Morgan fingerprint density at radius 1 is 1.45 bits per heavy atom. The van der Waals surface area contributed by atoms with Gasteiger partial charge in [0.15, 0.2) is 0 Å². The van der Waals surface area contributed by atoms with Crippen LogP contribution in [0.4, 0.5) is 4.79 Å². The van der Waals surface area contributed by atoms with Crippen LogP contribution in [-0.2, 0) is 11.3 Å². The summed E-state index contributed by atoms with van der Waals surface area (Å²) in [7, 11) is 0. The number of carbonyl (C=O) groups is 2. The fraction of sp³-hybridized carbons (Fsp3) is 0.538. The van der Waals surface area contributed by atoms with Crippen molar-refractivity contribution in [2.24, 2.45) is 0 Å². The molecule has 0 aromatic carbocycles. The molecule has 110 valence electrons. The van der Waals surface area contributed by atoms with Crippen molar-refractivity contribution in [1.29, 1.82) is 0 Å². The molecule has 1 unspecified atom stereocenters. The second-order valence-electron chi connectivity index (χ2n) is 5.10. The Labute approximate surface area is 116 Å². The highest BCUT2D eigenvalue weighted by atomic mass is 16.5. The predicted molar refractivity (Wildman–Crippen MR) is 69.5 cm³/mol. The SMILES string of the molecule is CC1(NC(=O)NCc2ccc(C(=O)O)o2)CCCOC1. The Balaban J connectivity index is 1.80. The van der Waals surface area contributed by atoms with Crippen LogP contribution in [0.1, 0.15) is 36.1 Å². The van der Waals surface area contributed by atoms with Gasteiger partial charge in [0.2, 0.25) is 5.76 Å². The Morgan fingerprint density at radius 2 is 2.25 bits per heavy atom. The van der Waals surface area contributed by atoms with Crippen LogP contribution in [0.15, 0.2) is 16.5 Å². The summed E-state index contributed by atoms with van der Waals surface area (Å²) in [5.41, 5.74) is -0.363. The number of carbonyl (C=O) groups excluding carboxylic acids is 1. The quantitative estimate of drug-likeness (QED) is 0.773. The first-order valence-corrected chi connectivity index (χ1v) is 6.44. The molecule has 0 radical (unpaired) electrons. The maximum absolute atomic E-state index is 11.8. The van der Waals surface area contributed by atoms with E-state index in [1.54, 1.807) is 0 Å². The Bertz CT molecular complexity index is 491. The first kappa shape index (κ1) is 14.4. The van der Waals surface area contributed by atoms with Crippen molar-refractivity contribution in [3.05, 3.63) is 23.7 Å². The van der Waals surface area contributed by atoms with Gasteiger partial charge in [0.25, 0.3) is 0 Å². The third-order valence-electron chi connectivity index (χ3n) is 3.15. The number of hydrogen-bond donors (Lipinski definition) is 3. The highest BCUT2D eigenvalue weighted by Crippen LogP contribution is 2.18. The molecule has 1 aliphatic rings. The molecule has 1 aliphatic heterocycles. The lowest BCUT2D eigenvalue weighted by Gasteiger charge is -2.34. The zero-order valence-corrected chi connectivity index (χ0v) is 11.3. The minimum Gasteiger partial charge on any atom is -0.475 e. The molecule has 1 atom stereocenters. The maximum atomic E-state index is 11.8. The van der Waals surface area contributed by atoms with Crippen molar-refractivity contribution >= 4 is 12.0 Å². The minimum atomic E-state index is -1.13. The number of urea groups is 1. The molecule has 1 saturated heterocycles. The van der Waals surface area contributed by atoms with Crippen molar-refractivity contribution in [2.45, 2.75) is 31.8 Å². The number of carboxylic acid groups (broad SMARTS) is 1. The molecule has 20 heavy (non-hydrogen) atoms. The molecule has 2 rings (SSSR count). The molecule has 2 heterocycles. The molecular weight excluding hydrogens is 264 g/mol. The summed E-state index contributed by atoms with van der Waals surface area (Å²) in [6.07, 6.45) is 1.78. The van der Waals surface area contributed by atoms with Crippen molar-refractivity contribution in [3.8, 4) is 0 Å². The van der Waals surface area contributed by atoms with Gasteiger partial charge < -0.3 is 24.9 Å². The average Bonchev–Trinajstić information content (AvgIpc) is 2.85. The summed E-state index contributed by atoms with van der Waals surface area (Å²) in [6, 6.07) is 2.55. The molecule has 0 saturated carbocycles. The lowest BCUT2D eigenvalue weighted by Crippen LogP contribution is -2.54. The van der Waals surface area contributed by atoms with E-state index in [0.29, 0.717) is 12.4 Å². The van der Waals surface area contributed by atoms with Crippen molar-refractivity contribution in [3.63, 3.8) is 0 Å². The Hall–Kier alpha value is -2.02. The Morgan fingerprint density at radius 3 is 2.85 bits per heavy atom. The number of ether oxygens (including phenoxy) is 1. The van der Waals surface area contributed by atoms with Gasteiger partial charge >= 0.3 is 12.0 Å². The minimum absolute atomic E-state index is 0.135. The van der Waals surface area contributed by atoms with E-state index in [2.05, 4.69) is 10.6 Å². The molecule has 3 N–H and O–H groups in total. The average molecular weight is 282 g/mol. The monoisotopic (exact) mass is 282 g/mol. The molecule has 7 nitrogen and oxygen atoms in total. The van der Waals surface area contributed by atoms with Crippen LogP contribution in [0.25, 0.3) is 0 Å². The van der Waals surface area contributed by atoms with Crippen LogP contribution >= 0.6 is 0 Å². The number of furan rings is 1. The normalized spacial score (nSPS) is 22.2. The second-order valence-corrected chi connectivity index (χ2v) is 5.10. The third-order valence-corrected chi connectivity index (χ3v) is 3.15. The van der Waals surface area contributed by atoms with Crippen LogP contribution in [0.2, 0.25) is 0 Å². The van der Waals surface area contributed by atoms with Crippen LogP contribution in [0, 0.1) is 0 Å². The fourth-order valence-electron chi connectivity index (χ4n) is 2.11. The molecule has 1 aromatic heterocycles. The highest BCUT2D eigenvalue weighted by Gasteiger charge is 2.29. The van der Waals surface area contributed by atoms with Gasteiger partial charge in [0.1, 0.15) is 5.76 Å². The molecule has 1 fully saturated rings. The lowest BCUT2D eigenvalue weighted by atomic mass is 9.95. The van der Waals surface area contributed by atoms with E-state index in [1.807, 2.05) is 6.92 Å². The van der Waals surface area contributed by atoms with E-state index >= 15 is 0 Å². The van der Waals surface area contributed by atoms with E-state index in [4.69, 9.17) is 14.3 Å². The van der Waals surface area contributed by atoms with E-state index in [-0.39, 0.29) is 23.9 Å². The zero-order valence-electron chi connectivity index (χ0n) is 11.3. The molecule has 0 bridgehead atoms. The first-order chi connectivity index (χ1) is 9.48. The predicted octanol–water partition coefficient (Wildman–Crippen LogP) is 1.35. The van der Waals surface area contributed by atoms with Crippen molar-refractivity contribution < 1.29 is 23.8 Å². The largest absolute Gasteiger partial charge is 0.475 e. The summed E-state index contributed by atoms with van der Waals surface area (Å²) < 4.78 is 10.4. The van der Waals surface area contributed by atoms with Crippen LogP contribution in [-0.4, -0.2) is 35.9 Å². The van der Waals surface area contributed by atoms with E-state index in [0.717, 1.165) is 19.4 Å². The van der Waals surface area contributed by atoms with Crippen LogP contribution < -0.4 is 10.6 Å². The first-order valence-electron chi connectivity index (χ1n) is 6.44. The summed E-state index contributed by atoms with van der Waals surface area (Å²) in [5, 5.41) is 14.2. The second kappa shape index (κ2) is 5.96. The number of nitrogens with one attached hydrogen (secondary N) is 2. The lowest BCUT2D eigenvalue weighted by molar-refractivity contribution is 0.0333. The van der Waals surface area contributed by atoms with Gasteiger partial charge in [-0.05, 0) is 31.9 Å². The maximum Gasteiger partial charge on any atom is 0.371 e. The number of amides is 2. The highest BCUT2D eigenvalue weighted by molar-refractivity contribution is 5.84. The molecule has 7 heteroatoms. The van der Waals surface area contributed by atoms with Gasteiger partial charge in [-0.1, -0.05) is 0 Å². The number of carboxylic acids is 1. The Kier molecular flexibility index (Phi) is 4.29. The van der Waals surface area contributed by atoms with Gasteiger partial charge in [-0.2, -0.15) is 0 Å². The van der Waals surface area contributed by atoms with Gasteiger partial charge in [-0.3, -0.25) is 0 Å². The summed E-state index contributed by atoms with van der Waals surface area (Å²) in [5.74, 6) is -0.884. The van der Waals surface area contributed by atoms with E-state index in [9.17, 15) is 9.59 Å². The summed E-state index contributed by atoms with van der Waals surface area (Å²) in [6.45, 7) is 3.28. The molecule has 1 aromatic rings. The van der Waals surface area contributed by atoms with Crippen molar-refractivity contribution in [1.82, 2.24) is 10.6 Å². The van der Waals surface area contributed by atoms with Crippen molar-refractivity contribution in [2.75, 3.05) is 13.2 Å². The third kappa shape index (κ3) is 3.74. The molecule has 2 amide bonds. The molecule has 0 aliphatic carbocycles. The molecular formula is C13H18N2O5. The number of hydrogen-bond acceptors (Lipinski definition) is 4. The smallest absolute Gasteiger partial charge is 0.371 e. The molecule has 0 spiro atoms. The fourth-order valence-corrected chi connectivity index (χ4v) is 2.11. The van der Waals surface area contributed by atoms with E-state index in [1.165, 1.54) is 12.1 Å². The van der Waals surface area contributed by atoms with Crippen LogP contribution in [0.3, 0.4) is 0 Å². The van der Waals surface area contributed by atoms with Gasteiger partial charge in [0.05, 0.1) is 18.7 Å². The van der Waals surface area contributed by atoms with E-state index < -0.39 is 5.97 Å². The standard InChI is InChI=1S/C13H18N2O5/c1-13(5-2-6-19-8-13)15-12(18)14-7-9-3-4-10(20-9)11(16)17/h3-4H,2,5-8H2,1H3,(H,16,17)(H2,14,15,18). The number of aromatic carboxylic acids is 1. The van der Waals surface area contributed by atoms with Gasteiger partial charge in [0, 0.05) is 6.61 Å².